The van der Waals surface area contributed by atoms with Crippen molar-refractivity contribution in [1.29, 1.82) is 0 Å². The zero-order chi connectivity index (χ0) is 9.83. The van der Waals surface area contributed by atoms with Gasteiger partial charge in [-0.15, -0.1) is 0 Å². The number of hydrogen-bond donors (Lipinski definition) is 0. The maximum absolute atomic E-state index is 13.2. The molecule has 2 nitrogen and oxygen atoms in total. The molecule has 0 rings (SSSR count). The van der Waals surface area contributed by atoms with Gasteiger partial charge in [0, 0.05) is 13.2 Å². The minimum Gasteiger partial charge on any atom is -0.341 e. The average Bonchev–Trinajstić information content (AvgIpc) is 1.86. The quantitative estimate of drug-likeness (QED) is 0.687. The molecule has 0 aromatic rings. The second-order valence-electron chi connectivity index (χ2n) is 1.90. The molecule has 0 saturated carbocycles. The first-order valence-electron chi connectivity index (χ1n) is 3.41. The predicted molar refractivity (Wildman–Crippen MR) is 47.4 cm³/mol. The van der Waals surface area contributed by atoms with Crippen LogP contribution >= 0.6 is 34.8 Å². The van der Waals surface area contributed by atoms with Crippen LogP contribution in [0.2, 0.25) is 0 Å². The van der Waals surface area contributed by atoms with Crippen LogP contribution in [-0.4, -0.2) is 23.0 Å². The van der Waals surface area contributed by atoms with Crippen molar-refractivity contribution < 1.29 is 13.9 Å². The molecule has 0 fully saturated rings. The van der Waals surface area contributed by atoms with E-state index >= 15 is 0 Å². The Morgan fingerprint density at radius 3 is 1.83 bits per heavy atom. The summed E-state index contributed by atoms with van der Waals surface area (Å²) in [5.74, 6) is 0. The summed E-state index contributed by atoms with van der Waals surface area (Å²) >= 11 is 16.1. The fraction of sp³-hybridized carbons (Fsp3) is 1.00. The van der Waals surface area contributed by atoms with Crippen LogP contribution < -0.4 is 0 Å². The molecule has 0 spiro atoms. The largest absolute Gasteiger partial charge is 0.345 e. The van der Waals surface area contributed by atoms with Crippen LogP contribution in [0.15, 0.2) is 0 Å². The first-order chi connectivity index (χ1) is 5.37. The fourth-order valence-corrected chi connectivity index (χ4v) is 1.02. The van der Waals surface area contributed by atoms with E-state index in [4.69, 9.17) is 34.8 Å². The summed E-state index contributed by atoms with van der Waals surface area (Å²) in [6.07, 6.45) is 0. The molecule has 74 valence electrons. The van der Waals surface area contributed by atoms with Gasteiger partial charge in [0.2, 0.25) is 0 Å². The summed E-state index contributed by atoms with van der Waals surface area (Å²) in [5.41, 5.74) is 0. The zero-order valence-corrected chi connectivity index (χ0v) is 9.01. The minimum atomic E-state index is -2.72. The van der Waals surface area contributed by atoms with E-state index in [1.165, 1.54) is 0 Å². The Hall–Kier alpha value is 0.720. The van der Waals surface area contributed by atoms with Crippen LogP contribution in [0.5, 0.6) is 0 Å². The lowest BCUT2D eigenvalue weighted by atomic mass is 10.6. The van der Waals surface area contributed by atoms with Crippen LogP contribution in [0.3, 0.4) is 0 Å². The highest BCUT2D eigenvalue weighted by atomic mass is 35.5. The molecule has 0 amide bonds. The van der Waals surface area contributed by atoms with Crippen LogP contribution in [0.4, 0.5) is 4.39 Å². The molecule has 0 aliphatic carbocycles. The molecule has 0 aliphatic heterocycles. The van der Waals surface area contributed by atoms with Gasteiger partial charge in [0.15, 0.2) is 0 Å². The SMILES string of the molecule is CCOC(F)(Cl)C(Cl)(Cl)OCC. The second kappa shape index (κ2) is 4.82. The molecular weight excluding hydrogens is 229 g/mol. The van der Waals surface area contributed by atoms with Crippen LogP contribution in [-0.2, 0) is 9.47 Å². The summed E-state index contributed by atoms with van der Waals surface area (Å²) in [7, 11) is 0. The average molecular weight is 240 g/mol. The third kappa shape index (κ3) is 3.23. The molecule has 0 saturated heterocycles. The summed E-state index contributed by atoms with van der Waals surface area (Å²) in [6, 6.07) is 0. The molecule has 1 atom stereocenters. The van der Waals surface area contributed by atoms with Crippen molar-refractivity contribution in [3.63, 3.8) is 0 Å². The van der Waals surface area contributed by atoms with E-state index in [9.17, 15) is 4.39 Å². The third-order valence-electron chi connectivity index (χ3n) is 0.990. The van der Waals surface area contributed by atoms with E-state index in [1.54, 1.807) is 13.8 Å². The van der Waals surface area contributed by atoms with E-state index in [1.807, 2.05) is 0 Å². The third-order valence-corrected chi connectivity index (χ3v) is 2.26. The van der Waals surface area contributed by atoms with E-state index < -0.39 is 9.83 Å². The van der Waals surface area contributed by atoms with E-state index in [0.29, 0.717) is 0 Å². The van der Waals surface area contributed by atoms with E-state index in [2.05, 4.69) is 9.47 Å². The molecule has 0 bridgehead atoms. The number of halogens is 4. The number of ether oxygens (including phenoxy) is 2. The zero-order valence-electron chi connectivity index (χ0n) is 6.74. The molecule has 6 heteroatoms. The van der Waals surface area contributed by atoms with E-state index in [0.717, 1.165) is 0 Å². The highest BCUT2D eigenvalue weighted by Crippen LogP contribution is 2.42. The van der Waals surface area contributed by atoms with Crippen molar-refractivity contribution in [2.75, 3.05) is 13.2 Å². The van der Waals surface area contributed by atoms with Crippen LogP contribution in [0, 0.1) is 0 Å². The van der Waals surface area contributed by atoms with Crippen molar-refractivity contribution in [2.24, 2.45) is 0 Å². The van der Waals surface area contributed by atoms with Gasteiger partial charge in [-0.3, -0.25) is 0 Å². The molecule has 0 aliphatic rings. The van der Waals surface area contributed by atoms with Gasteiger partial charge in [-0.1, -0.05) is 23.2 Å². The Bertz CT molecular complexity index is 125. The van der Waals surface area contributed by atoms with Gasteiger partial charge >= 0.3 is 5.31 Å². The van der Waals surface area contributed by atoms with Gasteiger partial charge in [-0.2, -0.15) is 4.39 Å². The first-order valence-corrected chi connectivity index (χ1v) is 4.54. The van der Waals surface area contributed by atoms with Crippen molar-refractivity contribution in [1.82, 2.24) is 0 Å². The topological polar surface area (TPSA) is 18.5 Å². The van der Waals surface area contributed by atoms with Crippen molar-refractivity contribution in [3.8, 4) is 0 Å². The molecule has 0 N–H and O–H groups in total. The molecule has 0 aromatic carbocycles. The maximum atomic E-state index is 13.2. The lowest BCUT2D eigenvalue weighted by molar-refractivity contribution is -0.151. The van der Waals surface area contributed by atoms with Crippen molar-refractivity contribution in [3.05, 3.63) is 0 Å². The van der Waals surface area contributed by atoms with Gasteiger partial charge < -0.3 is 9.47 Å². The van der Waals surface area contributed by atoms with Gasteiger partial charge in [0.1, 0.15) is 0 Å². The Labute approximate surface area is 85.9 Å². The molecule has 0 heterocycles. The molecule has 0 radical (unpaired) electrons. The highest BCUT2D eigenvalue weighted by Gasteiger charge is 2.52. The minimum absolute atomic E-state index is 0.0499. The fourth-order valence-electron chi connectivity index (χ4n) is 0.531. The summed E-state index contributed by atoms with van der Waals surface area (Å²) < 4.78 is 20.1. The molecule has 1 unspecified atom stereocenters. The smallest absolute Gasteiger partial charge is 0.341 e. The number of rotatable bonds is 5. The number of alkyl halides is 4. The van der Waals surface area contributed by atoms with Gasteiger partial charge in [0.05, 0.1) is 0 Å². The standard InChI is InChI=1S/C6H10Cl3FO2/c1-3-11-5(7,8)6(9,10)12-4-2/h3-4H2,1-2H3. The Kier molecular flexibility index (Phi) is 5.11. The molecule has 0 aromatic heterocycles. The Morgan fingerprint density at radius 1 is 1.08 bits per heavy atom. The monoisotopic (exact) mass is 238 g/mol. The Morgan fingerprint density at radius 2 is 1.50 bits per heavy atom. The molecule has 12 heavy (non-hydrogen) atoms. The Balaban J connectivity index is 4.28. The van der Waals surface area contributed by atoms with Gasteiger partial charge in [-0.05, 0) is 25.4 Å². The first kappa shape index (κ1) is 12.7. The second-order valence-corrected chi connectivity index (χ2v) is 3.64. The predicted octanol–water partition coefficient (Wildman–Crippen LogP) is 3.05. The lowest BCUT2D eigenvalue weighted by Crippen LogP contribution is -2.42. The number of hydrogen-bond acceptors (Lipinski definition) is 2. The van der Waals surface area contributed by atoms with Crippen LogP contribution in [0.25, 0.3) is 0 Å². The van der Waals surface area contributed by atoms with E-state index in [-0.39, 0.29) is 13.2 Å². The summed E-state index contributed by atoms with van der Waals surface area (Å²) in [4.78, 5) is 0. The highest BCUT2D eigenvalue weighted by molar-refractivity contribution is 6.51. The van der Waals surface area contributed by atoms with Crippen molar-refractivity contribution in [2.45, 2.75) is 23.7 Å². The van der Waals surface area contributed by atoms with Gasteiger partial charge in [0.25, 0.3) is 4.52 Å². The summed E-state index contributed by atoms with van der Waals surface area (Å²) in [5, 5.41) is -2.72. The maximum Gasteiger partial charge on any atom is 0.345 e. The normalized spacial score (nSPS) is 17.5. The lowest BCUT2D eigenvalue weighted by Gasteiger charge is -2.29. The molecular formula is C6H10Cl3FO2. The van der Waals surface area contributed by atoms with Gasteiger partial charge in [-0.25, -0.2) is 0 Å². The summed E-state index contributed by atoms with van der Waals surface area (Å²) in [6.45, 7) is 3.36. The van der Waals surface area contributed by atoms with Crippen LogP contribution in [0.1, 0.15) is 13.8 Å². The van der Waals surface area contributed by atoms with Crippen molar-refractivity contribution >= 4 is 34.8 Å².